The maximum Gasteiger partial charge on any atom is 0.411 e. The van der Waals surface area contributed by atoms with Gasteiger partial charge < -0.3 is 67.3 Å². The van der Waals surface area contributed by atoms with Crippen molar-refractivity contribution in [1.82, 2.24) is 30.0 Å². The van der Waals surface area contributed by atoms with Gasteiger partial charge in [0.1, 0.15) is 36.4 Å². The van der Waals surface area contributed by atoms with Crippen molar-refractivity contribution in [2.24, 2.45) is 0 Å². The minimum Gasteiger partial charge on any atom is -0.495 e. The number of carbonyl (C=O) groups excluding carboxylic acids is 1. The van der Waals surface area contributed by atoms with Crippen LogP contribution in [0.3, 0.4) is 0 Å². The number of hydrogen-bond donors (Lipinski definition) is 2. The van der Waals surface area contributed by atoms with E-state index in [4.69, 9.17) is 67.3 Å². The molecule has 2 saturated heterocycles. The van der Waals surface area contributed by atoms with Gasteiger partial charge in [-0.15, -0.1) is 22.6 Å². The Balaban J connectivity index is 0.000000235. The summed E-state index contributed by atoms with van der Waals surface area (Å²) in [7, 11) is 15.7. The molecule has 0 radical (unpaired) electrons. The van der Waals surface area contributed by atoms with E-state index < -0.39 is 6.09 Å². The van der Waals surface area contributed by atoms with Crippen molar-refractivity contribution < 1.29 is 66.4 Å². The molecule has 23 heteroatoms. The first kappa shape index (κ1) is 52.7. The number of nitrogen functional groups attached to an aromatic ring is 1. The number of nitrogens with two attached hydrogens (primary N) is 1. The molecule has 2 fully saturated rings. The number of halogens is 1. The number of benzene rings is 4. The zero-order valence-electron chi connectivity index (χ0n) is 39.9. The van der Waals surface area contributed by atoms with Gasteiger partial charge in [0.15, 0.2) is 23.0 Å². The van der Waals surface area contributed by atoms with E-state index in [1.807, 2.05) is 18.2 Å². The van der Waals surface area contributed by atoms with Gasteiger partial charge >= 0.3 is 6.09 Å². The Morgan fingerprint density at radius 2 is 1.10 bits per heavy atom. The molecule has 2 atom stereocenters. The monoisotopic (exact) mass is 980 g/mol. The number of rotatable bonds is 17. The average molecular weight is 981 g/mol. The average Bonchev–Trinajstić information content (AvgIpc) is 4.04. The van der Waals surface area contributed by atoms with E-state index in [1.165, 1.54) is 28.4 Å². The Bertz CT molecular complexity index is 2550. The highest BCUT2D eigenvalue weighted by Crippen LogP contribution is 2.42. The molecule has 6 aromatic rings. The molecule has 372 valence electrons. The molecular formula is C46H57ClN8O14. The molecule has 4 heterocycles. The molecule has 3 N–H and O–H groups in total. The number of nitrogens with one attached hydrogen (secondary N) is 1. The lowest BCUT2D eigenvalue weighted by atomic mass is 10.1. The molecule has 2 aromatic heterocycles. The van der Waals surface area contributed by atoms with Crippen LogP contribution in [-0.2, 0) is 23.7 Å². The Labute approximate surface area is 405 Å². The van der Waals surface area contributed by atoms with E-state index in [2.05, 4.69) is 25.9 Å². The second-order valence-electron chi connectivity index (χ2n) is 14.5. The van der Waals surface area contributed by atoms with Gasteiger partial charge in [0.05, 0.1) is 123 Å². The zero-order valence-corrected chi connectivity index (χ0v) is 40.7. The van der Waals surface area contributed by atoms with Crippen molar-refractivity contribution in [3.8, 4) is 79.9 Å². The van der Waals surface area contributed by atoms with E-state index in [0.29, 0.717) is 92.7 Å². The van der Waals surface area contributed by atoms with Crippen molar-refractivity contribution in [2.45, 2.75) is 18.3 Å². The van der Waals surface area contributed by atoms with Gasteiger partial charge in [-0.3, -0.25) is 5.32 Å². The molecule has 4 aromatic carbocycles. The largest absolute Gasteiger partial charge is 0.495 e. The number of carbonyl (C=O) groups is 1. The van der Waals surface area contributed by atoms with E-state index in [-0.39, 0.29) is 31.2 Å². The van der Waals surface area contributed by atoms with Crippen molar-refractivity contribution in [2.75, 3.05) is 109 Å². The summed E-state index contributed by atoms with van der Waals surface area (Å²) in [6.07, 6.45) is 2.64. The van der Waals surface area contributed by atoms with Crippen LogP contribution in [0.15, 0.2) is 73.1 Å². The molecule has 0 spiro atoms. The normalized spacial score (nSPS) is 14.6. The van der Waals surface area contributed by atoms with Crippen LogP contribution >= 0.6 is 12.4 Å². The fourth-order valence-electron chi connectivity index (χ4n) is 6.82. The van der Waals surface area contributed by atoms with Crippen LogP contribution in [0.25, 0.3) is 33.9 Å². The third-order valence-corrected chi connectivity index (χ3v) is 10.7. The summed E-state index contributed by atoms with van der Waals surface area (Å²) < 4.78 is 72.0. The highest BCUT2D eigenvalue weighted by atomic mass is 35.5. The molecule has 8 rings (SSSR count). The minimum atomic E-state index is -0.646. The van der Waals surface area contributed by atoms with Crippen LogP contribution in [0, 0.1) is 0 Å². The highest BCUT2D eigenvalue weighted by Gasteiger charge is 2.33. The van der Waals surface area contributed by atoms with Crippen molar-refractivity contribution in [1.29, 1.82) is 0 Å². The fourth-order valence-corrected chi connectivity index (χ4v) is 6.82. The van der Waals surface area contributed by atoms with Gasteiger partial charge in [-0.1, -0.05) is 10.4 Å². The van der Waals surface area contributed by atoms with Gasteiger partial charge in [0.2, 0.25) is 11.5 Å². The Hall–Kier alpha value is -7.24. The predicted octanol–water partition coefficient (Wildman–Crippen LogP) is 5.94. The predicted molar refractivity (Wildman–Crippen MR) is 255 cm³/mol. The molecule has 2 unspecified atom stereocenters. The summed E-state index contributed by atoms with van der Waals surface area (Å²) in [6.45, 7) is 2.13. The summed E-state index contributed by atoms with van der Waals surface area (Å²) >= 11 is 0. The molecule has 1 amide bonds. The maximum atomic E-state index is 12.5. The van der Waals surface area contributed by atoms with Crippen LogP contribution in [0.4, 0.5) is 16.2 Å². The van der Waals surface area contributed by atoms with E-state index in [0.717, 1.165) is 24.5 Å². The molecule has 69 heavy (non-hydrogen) atoms. The van der Waals surface area contributed by atoms with Crippen molar-refractivity contribution in [3.63, 3.8) is 0 Å². The molecular weight excluding hydrogens is 924 g/mol. The standard InChI is InChI=1S/C24H28N4O8.C18H20N4O4.C4H8O2.ClH/c1-30-18-7-6-14(8-16(18)26-24(29)36-13-22-21(33-4)12-35-22)17-11-25-27-28(17)15-9-19(31-2)23(34-5)20(10-15)32-3;1-23-15-6-5-11(7-13(15)19)14-10-20-21-22(14)12-8-16(24-2)18(26-4)17(9-12)25-3;1-5-4-2-6-3-4;/h6-11,21-22H,12-13H2,1-5H3,(H,26,29);5-10H,19H2,1-4H3;4H,2-3H2,1H3;1H. The van der Waals surface area contributed by atoms with Crippen LogP contribution < -0.4 is 48.9 Å². The van der Waals surface area contributed by atoms with Crippen LogP contribution in [-0.4, -0.2) is 152 Å². The zero-order chi connectivity index (χ0) is 48.7. The summed E-state index contributed by atoms with van der Waals surface area (Å²) in [5.41, 5.74) is 11.3. The van der Waals surface area contributed by atoms with Crippen molar-refractivity contribution in [3.05, 3.63) is 73.1 Å². The quantitative estimate of drug-likeness (QED) is 0.101. The first-order valence-corrected chi connectivity index (χ1v) is 20.8. The van der Waals surface area contributed by atoms with Gasteiger partial charge in [0.25, 0.3) is 0 Å². The third-order valence-electron chi connectivity index (χ3n) is 10.7. The van der Waals surface area contributed by atoms with Crippen molar-refractivity contribution >= 4 is 29.9 Å². The fraction of sp³-hybridized carbons (Fsp3) is 0.370. The second-order valence-corrected chi connectivity index (χ2v) is 14.5. The molecule has 0 bridgehead atoms. The lowest BCUT2D eigenvalue weighted by Gasteiger charge is -2.34. The summed E-state index contributed by atoms with van der Waals surface area (Å²) in [6, 6.07) is 17.9. The minimum absolute atomic E-state index is 0. The lowest BCUT2D eigenvalue weighted by molar-refractivity contribution is -0.188. The van der Waals surface area contributed by atoms with E-state index in [1.54, 1.807) is 107 Å². The molecule has 2 aliphatic heterocycles. The highest BCUT2D eigenvalue weighted by molar-refractivity contribution is 5.88. The van der Waals surface area contributed by atoms with E-state index >= 15 is 0 Å². The number of aromatic nitrogens is 6. The third kappa shape index (κ3) is 12.3. The van der Waals surface area contributed by atoms with Crippen LogP contribution in [0.2, 0.25) is 0 Å². The number of nitrogens with zero attached hydrogens (tertiary/aromatic N) is 6. The first-order chi connectivity index (χ1) is 33.1. The molecule has 0 saturated carbocycles. The maximum absolute atomic E-state index is 12.5. The topological polar surface area (TPSA) is 237 Å². The molecule has 0 aliphatic carbocycles. The number of amides is 1. The summed E-state index contributed by atoms with van der Waals surface area (Å²) in [5, 5.41) is 19.2. The summed E-state index contributed by atoms with van der Waals surface area (Å²) in [5.74, 6) is 4.03. The first-order valence-electron chi connectivity index (χ1n) is 20.8. The second kappa shape index (κ2) is 25.2. The van der Waals surface area contributed by atoms with E-state index in [9.17, 15) is 4.79 Å². The Kier molecular flexibility index (Phi) is 19.3. The Morgan fingerprint density at radius 3 is 1.46 bits per heavy atom. The smallest absolute Gasteiger partial charge is 0.411 e. The van der Waals surface area contributed by atoms with Gasteiger partial charge in [-0.05, 0) is 36.4 Å². The van der Waals surface area contributed by atoms with Crippen LogP contribution in [0.5, 0.6) is 46.0 Å². The van der Waals surface area contributed by atoms with Gasteiger partial charge in [-0.2, -0.15) is 0 Å². The number of anilines is 2. The Morgan fingerprint density at radius 1 is 0.623 bits per heavy atom. The summed E-state index contributed by atoms with van der Waals surface area (Å²) in [4.78, 5) is 12.5. The van der Waals surface area contributed by atoms with Gasteiger partial charge in [0, 0.05) is 49.6 Å². The number of methoxy groups -OCH3 is 10. The lowest BCUT2D eigenvalue weighted by Crippen LogP contribution is -2.49. The number of hydrogen-bond acceptors (Lipinski definition) is 19. The molecule has 22 nitrogen and oxygen atoms in total. The van der Waals surface area contributed by atoms with Gasteiger partial charge in [-0.25, -0.2) is 14.2 Å². The molecule has 2 aliphatic rings. The van der Waals surface area contributed by atoms with Crippen LogP contribution in [0.1, 0.15) is 0 Å². The number of ether oxygens (including phenoxy) is 13. The SMILES string of the molecule is COC1COC1.COc1ccc(-c2cnnn2-c2cc(OC)c(OC)c(OC)c2)cc1N.COc1ccc(-c2cnnn2-c2cc(OC)c(OC)c(OC)c2)cc1NC(=O)OCC1OCC1OC.Cl.